The van der Waals surface area contributed by atoms with E-state index in [0.29, 0.717) is 4.73 Å². The van der Waals surface area contributed by atoms with Crippen molar-refractivity contribution in [2.45, 2.75) is 12.8 Å². The molecule has 8 heteroatoms. The summed E-state index contributed by atoms with van der Waals surface area (Å²) in [4.78, 5) is 41.2. The third kappa shape index (κ3) is 3.03. The second-order valence-electron chi connectivity index (χ2n) is 5.36. The van der Waals surface area contributed by atoms with E-state index < -0.39 is 70.4 Å². The van der Waals surface area contributed by atoms with Gasteiger partial charge >= 0.3 is 5.97 Å². The van der Waals surface area contributed by atoms with E-state index in [2.05, 4.69) is 0 Å². The average Bonchev–Trinajstić information content (AvgIpc) is 3.46. The Morgan fingerprint density at radius 2 is 2.08 bits per heavy atom. The van der Waals surface area contributed by atoms with Crippen LogP contribution in [-0.4, -0.2) is 40.0 Å². The normalized spacial score (nSPS) is 16.0. The van der Waals surface area contributed by atoms with Gasteiger partial charge in [-0.15, -0.1) is 4.73 Å². The number of carboxylic acid groups (broad SMARTS) is 1. The number of hydrogen-bond acceptors (Lipinski definition) is 5. The van der Waals surface area contributed by atoms with E-state index in [-0.39, 0.29) is 12.5 Å². The van der Waals surface area contributed by atoms with Gasteiger partial charge in [0, 0.05) is 5.39 Å². The fraction of sp³-hybridized carbons (Fsp3) is 0.312. The van der Waals surface area contributed by atoms with Crippen LogP contribution in [0.1, 0.15) is 28.7 Å². The molecule has 24 heavy (non-hydrogen) atoms. The van der Waals surface area contributed by atoms with Gasteiger partial charge in [0.1, 0.15) is 18.9 Å². The van der Waals surface area contributed by atoms with Crippen LogP contribution in [0.2, 0.25) is 0 Å². The average molecular weight is 336 g/mol. The van der Waals surface area contributed by atoms with E-state index in [0.717, 1.165) is 12.8 Å². The molecule has 1 fully saturated rings. The number of nitrogens with zero attached hydrogens (tertiary/aromatic N) is 1. The van der Waals surface area contributed by atoms with Gasteiger partial charge in [-0.25, -0.2) is 0 Å². The molecule has 0 bridgehead atoms. The summed E-state index contributed by atoms with van der Waals surface area (Å²) in [5.74, 6) is -3.37. The summed E-state index contributed by atoms with van der Waals surface area (Å²) in [5.41, 5.74) is -2.42. The maximum absolute atomic E-state index is 12.8. The number of pyridine rings is 1. The molecule has 2 aromatic rings. The minimum atomic E-state index is -1.37. The van der Waals surface area contributed by atoms with Crippen molar-refractivity contribution >= 4 is 22.8 Å². The number of aromatic nitrogens is 1. The maximum atomic E-state index is 12.8. The SMILES string of the molecule is [2H]c1c([2H])c([2H])c2c(c1[2H])c(O)c(C(=O)NCC(=O)O)c(=O)n2OCC1CC1. The first kappa shape index (κ1) is 11.5. The molecule has 0 unspecified atom stereocenters. The number of aliphatic carboxylic acids is 1. The zero-order valence-corrected chi connectivity index (χ0v) is 12.4. The highest BCUT2D eigenvalue weighted by Crippen LogP contribution is 2.29. The molecule has 1 heterocycles. The molecule has 3 rings (SSSR count). The Hall–Kier alpha value is -3.03. The summed E-state index contributed by atoms with van der Waals surface area (Å²) in [5, 5.41) is 20.6. The third-order valence-corrected chi connectivity index (χ3v) is 3.51. The van der Waals surface area contributed by atoms with Gasteiger partial charge in [-0.05, 0) is 30.8 Å². The van der Waals surface area contributed by atoms with Crippen LogP contribution in [0.4, 0.5) is 0 Å². The van der Waals surface area contributed by atoms with Crippen LogP contribution in [-0.2, 0) is 4.79 Å². The van der Waals surface area contributed by atoms with Gasteiger partial charge in [0.2, 0.25) is 0 Å². The van der Waals surface area contributed by atoms with E-state index in [1.54, 1.807) is 0 Å². The number of carboxylic acids is 1. The fourth-order valence-corrected chi connectivity index (χ4v) is 2.10. The first-order valence-electron chi connectivity index (χ1n) is 9.16. The number of hydrogen-bond donors (Lipinski definition) is 3. The number of benzene rings is 1. The molecule has 1 aliphatic carbocycles. The molecule has 0 radical (unpaired) electrons. The number of carbonyl (C=O) groups is 2. The molecule has 1 aromatic heterocycles. The van der Waals surface area contributed by atoms with Crippen molar-refractivity contribution in [3.8, 4) is 5.75 Å². The van der Waals surface area contributed by atoms with Crippen LogP contribution < -0.4 is 15.7 Å². The summed E-state index contributed by atoms with van der Waals surface area (Å²) in [6, 6.07) is -2.58. The van der Waals surface area contributed by atoms with Crippen LogP contribution in [0.25, 0.3) is 10.9 Å². The lowest BCUT2D eigenvalue weighted by Crippen LogP contribution is -2.38. The number of fused-ring (bicyclic) bond motifs is 1. The van der Waals surface area contributed by atoms with Gasteiger partial charge < -0.3 is 20.4 Å². The highest BCUT2D eigenvalue weighted by Gasteiger charge is 2.26. The highest BCUT2D eigenvalue weighted by atomic mass is 16.7. The number of para-hydroxylation sites is 1. The van der Waals surface area contributed by atoms with Gasteiger partial charge in [0.15, 0.2) is 5.56 Å². The van der Waals surface area contributed by atoms with Gasteiger partial charge in [-0.2, -0.15) is 0 Å². The summed E-state index contributed by atoms with van der Waals surface area (Å²) < 4.78 is 32.2. The molecule has 126 valence electrons. The predicted octanol–water partition coefficient (Wildman–Crippen LogP) is 0.360. The lowest BCUT2D eigenvalue weighted by Gasteiger charge is -2.15. The van der Waals surface area contributed by atoms with Crippen molar-refractivity contribution in [1.82, 2.24) is 10.0 Å². The van der Waals surface area contributed by atoms with E-state index in [1.165, 1.54) is 0 Å². The molecule has 0 saturated heterocycles. The van der Waals surface area contributed by atoms with E-state index >= 15 is 0 Å². The molecule has 1 aromatic carbocycles. The molecule has 0 atom stereocenters. The summed E-state index contributed by atoms with van der Waals surface area (Å²) in [6.07, 6.45) is 1.74. The first-order chi connectivity index (χ1) is 13.1. The quantitative estimate of drug-likeness (QED) is 0.701. The molecule has 0 spiro atoms. The molecule has 1 saturated carbocycles. The molecule has 8 nitrogen and oxygen atoms in total. The monoisotopic (exact) mass is 336 g/mol. The predicted molar refractivity (Wildman–Crippen MR) is 84.0 cm³/mol. The smallest absolute Gasteiger partial charge is 0.322 e. The Bertz CT molecular complexity index is 1060. The van der Waals surface area contributed by atoms with Crippen molar-refractivity contribution < 1.29 is 30.1 Å². The van der Waals surface area contributed by atoms with Crippen molar-refractivity contribution in [3.05, 3.63) is 40.1 Å². The second kappa shape index (κ2) is 6.23. The Morgan fingerprint density at radius 3 is 2.75 bits per heavy atom. The largest absolute Gasteiger partial charge is 0.506 e. The second-order valence-corrected chi connectivity index (χ2v) is 5.36. The Balaban J connectivity index is 2.30. The number of nitrogens with one attached hydrogen (secondary N) is 1. The van der Waals surface area contributed by atoms with Gasteiger partial charge in [0.05, 0.1) is 11.0 Å². The summed E-state index contributed by atoms with van der Waals surface area (Å²) in [6.45, 7) is -0.732. The zero-order valence-electron chi connectivity index (χ0n) is 16.4. The first-order valence-corrected chi connectivity index (χ1v) is 7.16. The van der Waals surface area contributed by atoms with E-state index in [9.17, 15) is 19.5 Å². The van der Waals surface area contributed by atoms with Crippen LogP contribution in [0.5, 0.6) is 5.75 Å². The number of aromatic hydroxyl groups is 1. The number of carbonyl (C=O) groups excluding carboxylic acids is 1. The minimum Gasteiger partial charge on any atom is -0.506 e. The topological polar surface area (TPSA) is 118 Å². The Morgan fingerprint density at radius 1 is 1.38 bits per heavy atom. The summed E-state index contributed by atoms with van der Waals surface area (Å²) >= 11 is 0. The van der Waals surface area contributed by atoms with Crippen molar-refractivity contribution in [3.63, 3.8) is 0 Å². The van der Waals surface area contributed by atoms with Crippen molar-refractivity contribution in [2.75, 3.05) is 13.2 Å². The number of amides is 1. The Labute approximate surface area is 141 Å². The molecular formula is C16H16N2O6. The molecule has 1 aliphatic rings. The van der Waals surface area contributed by atoms with Gasteiger partial charge in [0.25, 0.3) is 11.5 Å². The minimum absolute atomic E-state index is 0.0820. The van der Waals surface area contributed by atoms with Crippen LogP contribution >= 0.6 is 0 Å². The third-order valence-electron chi connectivity index (χ3n) is 3.51. The Kier molecular flexibility index (Phi) is 2.98. The molecular weight excluding hydrogens is 316 g/mol. The van der Waals surface area contributed by atoms with Crippen LogP contribution in [0, 0.1) is 5.92 Å². The maximum Gasteiger partial charge on any atom is 0.322 e. The van der Waals surface area contributed by atoms with E-state index in [4.69, 9.17) is 15.4 Å². The number of rotatable bonds is 6. The van der Waals surface area contributed by atoms with Crippen LogP contribution in [0.15, 0.2) is 29.0 Å². The lowest BCUT2D eigenvalue weighted by molar-refractivity contribution is -0.135. The van der Waals surface area contributed by atoms with Gasteiger partial charge in [-0.1, -0.05) is 12.1 Å². The zero-order chi connectivity index (χ0) is 20.7. The van der Waals surface area contributed by atoms with Gasteiger partial charge in [-0.3, -0.25) is 14.4 Å². The van der Waals surface area contributed by atoms with Crippen molar-refractivity contribution in [1.29, 1.82) is 0 Å². The highest BCUT2D eigenvalue weighted by molar-refractivity contribution is 6.02. The molecule has 1 amide bonds. The summed E-state index contributed by atoms with van der Waals surface area (Å²) in [7, 11) is 0. The molecule has 0 aliphatic heterocycles. The van der Waals surface area contributed by atoms with Crippen molar-refractivity contribution in [2.24, 2.45) is 5.92 Å². The standard InChI is InChI=1S/C16H16N2O6/c19-12(20)7-17-15(22)13-14(21)10-3-1-2-4-11(10)18(16(13)23)24-8-9-5-6-9/h1-4,9,21H,5-8H2,(H,17,22)(H,19,20)/i1D,2D,3D,4D. The van der Waals surface area contributed by atoms with E-state index in [1.807, 2.05) is 5.32 Å². The lowest BCUT2D eigenvalue weighted by atomic mass is 10.1. The van der Waals surface area contributed by atoms with Crippen LogP contribution in [0.3, 0.4) is 0 Å². The fourth-order valence-electron chi connectivity index (χ4n) is 2.10. The molecule has 3 N–H and O–H groups in total.